The van der Waals surface area contributed by atoms with Crippen LogP contribution in [0, 0.1) is 5.82 Å². The Morgan fingerprint density at radius 2 is 1.86 bits per heavy atom. The highest BCUT2D eigenvalue weighted by atomic mass is 32.1. The fraction of sp³-hybridized carbons (Fsp3) is 0.281. The molecule has 0 spiro atoms. The quantitative estimate of drug-likeness (QED) is 0.0699. The summed E-state index contributed by atoms with van der Waals surface area (Å²) in [6.07, 6.45) is 3.95. The number of aromatic nitrogens is 1. The molecule has 0 radical (unpaired) electrons. The van der Waals surface area contributed by atoms with Gasteiger partial charge < -0.3 is 30.0 Å². The first-order valence-corrected chi connectivity index (χ1v) is 14.7. The lowest BCUT2D eigenvalue weighted by Gasteiger charge is -2.29. The summed E-state index contributed by atoms with van der Waals surface area (Å²) in [5, 5.41) is 7.09. The summed E-state index contributed by atoms with van der Waals surface area (Å²) in [6.45, 7) is -0.823. The molecule has 3 aromatic carbocycles. The van der Waals surface area contributed by atoms with E-state index in [1.165, 1.54) is 12.1 Å². The fourth-order valence-corrected chi connectivity index (χ4v) is 6.17. The molecule has 1 aliphatic carbocycles. The van der Waals surface area contributed by atoms with Gasteiger partial charge in [-0.2, -0.15) is 8.78 Å². The molecular formula is C32H32F3N5O3S. The van der Waals surface area contributed by atoms with Gasteiger partial charge >= 0.3 is 6.61 Å². The van der Waals surface area contributed by atoms with Crippen molar-refractivity contribution in [2.45, 2.75) is 44.8 Å². The summed E-state index contributed by atoms with van der Waals surface area (Å²) in [4.78, 5) is 18.7. The highest BCUT2D eigenvalue weighted by molar-refractivity contribution is 7.78. The van der Waals surface area contributed by atoms with Gasteiger partial charge in [0, 0.05) is 41.7 Å². The van der Waals surface area contributed by atoms with Crippen LogP contribution >= 0.6 is 12.8 Å². The molecule has 0 atom stereocenters. The first-order valence-electron chi connectivity index (χ1n) is 14.3. The number of ketones is 1. The van der Waals surface area contributed by atoms with Crippen molar-refractivity contribution < 1.29 is 27.4 Å². The van der Waals surface area contributed by atoms with Crippen LogP contribution in [0.15, 0.2) is 72.1 Å². The summed E-state index contributed by atoms with van der Waals surface area (Å²) < 4.78 is 54.4. The molecule has 44 heavy (non-hydrogen) atoms. The highest BCUT2D eigenvalue weighted by Gasteiger charge is 2.33. The van der Waals surface area contributed by atoms with Crippen LogP contribution in [-0.4, -0.2) is 36.5 Å². The van der Waals surface area contributed by atoms with Gasteiger partial charge in [0.1, 0.15) is 17.3 Å². The van der Waals surface area contributed by atoms with Crippen molar-refractivity contribution in [1.82, 2.24) is 9.71 Å². The van der Waals surface area contributed by atoms with Crippen molar-refractivity contribution in [3.05, 3.63) is 83.6 Å². The number of allylic oxidation sites excluding steroid dienone is 1. The van der Waals surface area contributed by atoms with Gasteiger partial charge in [0.15, 0.2) is 11.6 Å². The molecule has 6 rings (SSSR count). The summed E-state index contributed by atoms with van der Waals surface area (Å²) in [6, 6.07) is 16.2. The van der Waals surface area contributed by atoms with Crippen molar-refractivity contribution in [3.63, 3.8) is 0 Å². The Morgan fingerprint density at radius 3 is 2.59 bits per heavy atom. The number of halogens is 3. The Hall–Kier alpha value is -4.29. The van der Waals surface area contributed by atoms with E-state index in [1.54, 1.807) is 49.4 Å². The summed E-state index contributed by atoms with van der Waals surface area (Å²) in [5.41, 5.74) is 2.97. The normalized spacial score (nSPS) is 16.7. The molecular weight excluding hydrogens is 591 g/mol. The molecule has 4 N–H and O–H groups in total. The number of aromatic amines is 1. The number of carbonyl (C=O) groups is 1. The van der Waals surface area contributed by atoms with Crippen molar-refractivity contribution in [3.8, 4) is 17.2 Å². The highest BCUT2D eigenvalue weighted by Crippen LogP contribution is 2.41. The first kappa shape index (κ1) is 29.8. The van der Waals surface area contributed by atoms with Crippen LogP contribution in [0.25, 0.3) is 10.9 Å². The molecule has 0 bridgehead atoms. The number of fused-ring (bicyclic) bond motifs is 2. The van der Waals surface area contributed by atoms with Crippen LogP contribution in [0.3, 0.4) is 0 Å². The zero-order valence-corrected chi connectivity index (χ0v) is 25.0. The number of H-pyrrole nitrogens is 1. The van der Waals surface area contributed by atoms with Gasteiger partial charge in [0.2, 0.25) is 5.78 Å². The minimum absolute atomic E-state index is 0.00561. The second kappa shape index (κ2) is 12.0. The molecule has 8 nitrogen and oxygen atoms in total. The molecule has 0 unspecified atom stereocenters. The number of alkyl halides is 2. The van der Waals surface area contributed by atoms with Crippen LogP contribution in [0.1, 0.15) is 43.1 Å². The van der Waals surface area contributed by atoms with E-state index in [0.29, 0.717) is 51.7 Å². The summed E-state index contributed by atoms with van der Waals surface area (Å²) in [7, 11) is 1.83. The minimum Gasteiger partial charge on any atom is -0.454 e. The van der Waals surface area contributed by atoms with Gasteiger partial charge in [0.05, 0.1) is 22.8 Å². The Kier molecular flexibility index (Phi) is 8.12. The third-order valence-corrected chi connectivity index (χ3v) is 8.75. The Bertz CT molecular complexity index is 1750. The summed E-state index contributed by atoms with van der Waals surface area (Å²) in [5.74, 6) is 0.358. The maximum atomic E-state index is 14.1. The van der Waals surface area contributed by atoms with Gasteiger partial charge in [0.25, 0.3) is 0 Å². The number of nitrogens with zero attached hydrogens (tertiary/aromatic N) is 1. The van der Waals surface area contributed by atoms with Gasteiger partial charge in [-0.15, -0.1) is 0 Å². The second-order valence-electron chi connectivity index (χ2n) is 11.1. The SMILES string of the molecule is C/C(C(=O)c1cc2cc(OC(F)F)c(NCC3(NS)CCCC3)cc2[nH]1)=C1/Nc2cc(Oc3ccccc3F)ccc2N1C. The number of thiol groups is 1. The van der Waals surface area contributed by atoms with Crippen molar-refractivity contribution in [1.29, 1.82) is 0 Å². The molecule has 4 aromatic rings. The van der Waals surface area contributed by atoms with Crippen LogP contribution in [0.5, 0.6) is 17.2 Å². The predicted octanol–water partition coefficient (Wildman–Crippen LogP) is 7.84. The molecule has 2 aliphatic rings. The Labute approximate surface area is 258 Å². The number of benzene rings is 3. The monoisotopic (exact) mass is 623 g/mol. The Morgan fingerprint density at radius 1 is 1.09 bits per heavy atom. The number of nitrogens with one attached hydrogen (secondary N) is 4. The molecule has 0 saturated heterocycles. The number of anilines is 3. The molecule has 230 valence electrons. The minimum atomic E-state index is -3.01. The van der Waals surface area contributed by atoms with E-state index < -0.39 is 12.4 Å². The standard InChI is InChI=1S/C32H32F3N5O3S/c1-18(30-38-23-15-20(9-10-26(23)40(30)2)42-27-8-4-3-7-21(27)33)29(41)25-13-19-14-28(43-31(34)35)24(16-22(19)37-25)36-17-32(39-44)11-5-6-12-32/h3-4,7-10,13-16,31,36-39,44H,5-6,11-12,17H2,1-2H3/b30-18+. The number of hydrogen-bond donors (Lipinski definition) is 5. The smallest absolute Gasteiger partial charge is 0.387 e. The van der Waals surface area contributed by atoms with E-state index in [0.717, 1.165) is 31.4 Å². The average Bonchev–Trinajstić information content (AvgIpc) is 3.73. The van der Waals surface area contributed by atoms with Gasteiger partial charge in [-0.05, 0) is 62.2 Å². The number of ether oxygens (including phenoxy) is 2. The van der Waals surface area contributed by atoms with E-state index in [2.05, 4.69) is 33.2 Å². The third-order valence-electron chi connectivity index (χ3n) is 8.27. The van der Waals surface area contributed by atoms with Gasteiger partial charge in [-0.1, -0.05) is 37.8 Å². The number of para-hydroxylation sites is 1. The maximum absolute atomic E-state index is 14.1. The number of carbonyl (C=O) groups excluding carboxylic acids is 1. The molecule has 12 heteroatoms. The molecule has 1 aliphatic heterocycles. The lowest BCUT2D eigenvalue weighted by atomic mass is 9.99. The van der Waals surface area contributed by atoms with E-state index in [9.17, 15) is 18.0 Å². The number of hydrogen-bond acceptors (Lipinski definition) is 8. The van der Waals surface area contributed by atoms with Gasteiger partial charge in [-0.3, -0.25) is 9.52 Å². The summed E-state index contributed by atoms with van der Waals surface area (Å²) >= 11 is 4.30. The zero-order valence-electron chi connectivity index (χ0n) is 24.1. The van der Waals surface area contributed by atoms with E-state index in [-0.39, 0.29) is 22.8 Å². The largest absolute Gasteiger partial charge is 0.454 e. The Balaban J connectivity index is 1.25. The molecule has 1 fully saturated rings. The molecule has 0 amide bonds. The van der Waals surface area contributed by atoms with Crippen molar-refractivity contribution >= 4 is 46.6 Å². The van der Waals surface area contributed by atoms with E-state index in [4.69, 9.17) is 9.47 Å². The average molecular weight is 624 g/mol. The van der Waals surface area contributed by atoms with Crippen molar-refractivity contribution in [2.75, 3.05) is 29.1 Å². The molecule has 1 aromatic heterocycles. The topological polar surface area (TPSA) is 90.7 Å². The second-order valence-corrected chi connectivity index (χ2v) is 11.4. The van der Waals surface area contributed by atoms with Crippen LogP contribution in [0.4, 0.5) is 30.2 Å². The van der Waals surface area contributed by atoms with Crippen LogP contribution < -0.4 is 29.7 Å². The van der Waals surface area contributed by atoms with Crippen LogP contribution in [0.2, 0.25) is 0 Å². The lowest BCUT2D eigenvalue weighted by Crippen LogP contribution is -2.43. The number of rotatable bonds is 10. The zero-order chi connectivity index (χ0) is 31.0. The van der Waals surface area contributed by atoms with E-state index in [1.807, 2.05) is 18.0 Å². The predicted molar refractivity (Wildman–Crippen MR) is 169 cm³/mol. The lowest BCUT2D eigenvalue weighted by molar-refractivity contribution is -0.0492. The fourth-order valence-electron chi connectivity index (χ4n) is 5.87. The molecule has 2 heterocycles. The van der Waals surface area contributed by atoms with Crippen LogP contribution in [-0.2, 0) is 0 Å². The molecule has 1 saturated carbocycles. The maximum Gasteiger partial charge on any atom is 0.387 e. The number of Topliss-reactive ketones (excluding diaryl/α,β-unsaturated/α-hetero) is 1. The first-order chi connectivity index (χ1) is 21.2. The third kappa shape index (κ3) is 5.79. The van der Waals surface area contributed by atoms with Crippen molar-refractivity contribution in [2.24, 2.45) is 0 Å². The van der Waals surface area contributed by atoms with Gasteiger partial charge in [-0.25, -0.2) is 4.39 Å². The van der Waals surface area contributed by atoms with E-state index >= 15 is 0 Å².